The van der Waals surface area contributed by atoms with E-state index in [1.807, 2.05) is 0 Å². The molecule has 5 N–H and O–H groups in total. The predicted molar refractivity (Wildman–Crippen MR) is 224 cm³/mol. The van der Waals surface area contributed by atoms with Gasteiger partial charge in [0.05, 0.1) is 18.8 Å². The molecule has 13 heteroatoms. The number of ether oxygens (including phenoxy) is 2. The second kappa shape index (κ2) is 34.1. The fourth-order valence-electron chi connectivity index (χ4n) is 6.89. The Bertz CT molecular complexity index is 1100. The van der Waals surface area contributed by atoms with Gasteiger partial charge >= 0.3 is 19.8 Å². The number of aliphatic hydroxyl groups excluding tert-OH is 4. The molecule has 5 unspecified atom stereocenters. The Morgan fingerprint density at radius 2 is 1.00 bits per heavy atom. The summed E-state index contributed by atoms with van der Waals surface area (Å²) < 4.78 is 33.7. The van der Waals surface area contributed by atoms with Crippen LogP contribution in [0, 0.1) is 5.92 Å². The largest absolute Gasteiger partial charge is 0.472 e. The van der Waals surface area contributed by atoms with E-state index in [1.54, 1.807) is 0 Å². The number of unbranched alkanes of at least 4 members (excludes halogenated alkanes) is 20. The molecule has 0 amide bonds. The first kappa shape index (κ1) is 53.4. The van der Waals surface area contributed by atoms with Crippen LogP contribution in [0.25, 0.3) is 0 Å². The van der Waals surface area contributed by atoms with E-state index in [9.17, 15) is 39.5 Å². The lowest BCUT2D eigenvalue weighted by atomic mass is 9.80. The van der Waals surface area contributed by atoms with Gasteiger partial charge in [0.25, 0.3) is 0 Å². The Labute approximate surface area is 344 Å². The fraction of sp³-hybridized carbons (Fsp3) is 0.864. The molecule has 12 nitrogen and oxygen atoms in total. The number of phosphoric acid groups is 1. The summed E-state index contributed by atoms with van der Waals surface area (Å²) in [5, 5.41) is 41.1. The molecular weight excluding hydrogens is 751 g/mol. The van der Waals surface area contributed by atoms with Gasteiger partial charge in [0.15, 0.2) is 6.10 Å². The Morgan fingerprint density at radius 3 is 1.51 bits per heavy atom. The van der Waals surface area contributed by atoms with Crippen molar-refractivity contribution in [3.05, 3.63) is 24.3 Å². The van der Waals surface area contributed by atoms with Gasteiger partial charge in [-0.3, -0.25) is 18.6 Å². The van der Waals surface area contributed by atoms with Crippen LogP contribution in [0.3, 0.4) is 0 Å². The van der Waals surface area contributed by atoms with Crippen LogP contribution in [0.1, 0.15) is 188 Å². The average molecular weight is 833 g/mol. The van der Waals surface area contributed by atoms with Crippen LogP contribution in [0.5, 0.6) is 0 Å². The number of hydrogen-bond acceptors (Lipinski definition) is 11. The van der Waals surface area contributed by atoms with Crippen LogP contribution < -0.4 is 0 Å². The maximum atomic E-state index is 12.8. The molecule has 57 heavy (non-hydrogen) atoms. The molecule has 0 spiro atoms. The standard InChI is InChI=1S/C44H81O12P/c1-4-6-8-10-12-14-16-18-19-21-23-25-27-29-31-33-39(46)55-37(35-54-57(51,52)56-44-42(49)40(47)36(3)41(48)43(44)50)34-53-38(45)32-30-28-26-24-22-20-17-15-13-11-9-7-5-2/h12,14,18-19,36-37,40-44,47-50H,4-11,13,15-17,20-35H2,1-3H3,(H,51,52)/b14-12-,19-18-/t36?,37-,40-,41?,42?,43?,44-/m1/s1. The van der Waals surface area contributed by atoms with E-state index in [1.165, 1.54) is 84.0 Å². The zero-order valence-corrected chi connectivity index (χ0v) is 36.6. The lowest BCUT2D eigenvalue weighted by Gasteiger charge is -2.42. The second-order valence-corrected chi connectivity index (χ2v) is 17.3. The molecule has 0 aromatic rings. The van der Waals surface area contributed by atoms with Gasteiger partial charge in [0.1, 0.15) is 24.9 Å². The van der Waals surface area contributed by atoms with Crippen molar-refractivity contribution in [2.24, 2.45) is 5.92 Å². The van der Waals surface area contributed by atoms with Gasteiger partial charge < -0.3 is 34.8 Å². The number of esters is 2. The molecule has 1 saturated carbocycles. The Hall–Kier alpha value is -1.63. The number of hydrogen-bond donors (Lipinski definition) is 5. The van der Waals surface area contributed by atoms with E-state index in [-0.39, 0.29) is 12.8 Å². The highest BCUT2D eigenvalue weighted by atomic mass is 31.2. The molecule has 0 saturated heterocycles. The number of rotatable bonds is 36. The monoisotopic (exact) mass is 833 g/mol. The topological polar surface area (TPSA) is 189 Å². The molecule has 1 aliphatic rings. The number of carbonyl (C=O) groups is 2. The molecule has 1 fully saturated rings. The van der Waals surface area contributed by atoms with Crippen LogP contribution in [0.2, 0.25) is 0 Å². The zero-order chi connectivity index (χ0) is 42.2. The van der Waals surface area contributed by atoms with Crippen LogP contribution in [0.15, 0.2) is 24.3 Å². The molecule has 0 heterocycles. The van der Waals surface area contributed by atoms with E-state index in [0.29, 0.717) is 12.8 Å². The lowest BCUT2D eigenvalue weighted by Crippen LogP contribution is -2.60. The first-order valence-corrected chi connectivity index (χ1v) is 24.0. The molecule has 0 bridgehead atoms. The summed E-state index contributed by atoms with van der Waals surface area (Å²) in [5.41, 5.74) is 0. The summed E-state index contributed by atoms with van der Waals surface area (Å²) in [4.78, 5) is 35.7. The summed E-state index contributed by atoms with van der Waals surface area (Å²) >= 11 is 0. The van der Waals surface area contributed by atoms with Crippen molar-refractivity contribution in [3.63, 3.8) is 0 Å². The normalized spacial score (nSPS) is 22.9. The van der Waals surface area contributed by atoms with Gasteiger partial charge in [-0.25, -0.2) is 4.57 Å². The lowest BCUT2D eigenvalue weighted by molar-refractivity contribution is -0.197. The van der Waals surface area contributed by atoms with E-state index in [0.717, 1.165) is 64.2 Å². The third-order valence-electron chi connectivity index (χ3n) is 10.7. The minimum atomic E-state index is -5.03. The average Bonchev–Trinajstić information content (AvgIpc) is 3.19. The van der Waals surface area contributed by atoms with E-state index < -0.39 is 75.5 Å². The minimum Gasteiger partial charge on any atom is -0.462 e. The number of phosphoric ester groups is 1. The van der Waals surface area contributed by atoms with Gasteiger partial charge in [0, 0.05) is 18.8 Å². The van der Waals surface area contributed by atoms with E-state index in [2.05, 4.69) is 38.2 Å². The van der Waals surface area contributed by atoms with Crippen LogP contribution >= 0.6 is 7.82 Å². The maximum absolute atomic E-state index is 12.8. The molecule has 1 rings (SSSR count). The molecule has 1 aliphatic carbocycles. The van der Waals surface area contributed by atoms with Gasteiger partial charge in [-0.2, -0.15) is 0 Å². The summed E-state index contributed by atoms with van der Waals surface area (Å²) in [6.45, 7) is 4.75. The van der Waals surface area contributed by atoms with Crippen LogP contribution in [-0.4, -0.2) is 87.1 Å². The quantitative estimate of drug-likeness (QED) is 0.0174. The van der Waals surface area contributed by atoms with Crippen molar-refractivity contribution in [2.45, 2.75) is 224 Å². The third-order valence-corrected chi connectivity index (χ3v) is 11.7. The van der Waals surface area contributed by atoms with Crippen LogP contribution in [0.4, 0.5) is 0 Å². The maximum Gasteiger partial charge on any atom is 0.472 e. The summed E-state index contributed by atoms with van der Waals surface area (Å²) in [5.74, 6) is -1.98. The number of carbonyl (C=O) groups excluding carboxylic acids is 2. The van der Waals surface area contributed by atoms with Crippen molar-refractivity contribution in [1.82, 2.24) is 0 Å². The van der Waals surface area contributed by atoms with Crippen molar-refractivity contribution < 1.29 is 58.0 Å². The third kappa shape index (κ3) is 27.0. The molecular formula is C44H81O12P. The van der Waals surface area contributed by atoms with Gasteiger partial charge in [-0.05, 0) is 44.9 Å². The molecule has 334 valence electrons. The fourth-order valence-corrected chi connectivity index (χ4v) is 7.86. The van der Waals surface area contributed by atoms with Crippen molar-refractivity contribution >= 4 is 19.8 Å². The molecule has 0 radical (unpaired) electrons. The van der Waals surface area contributed by atoms with Crippen molar-refractivity contribution in [3.8, 4) is 0 Å². The van der Waals surface area contributed by atoms with Crippen molar-refractivity contribution in [1.29, 1.82) is 0 Å². The van der Waals surface area contributed by atoms with Crippen molar-refractivity contribution in [2.75, 3.05) is 13.2 Å². The first-order valence-electron chi connectivity index (χ1n) is 22.5. The molecule has 0 aromatic carbocycles. The molecule has 8 atom stereocenters. The van der Waals surface area contributed by atoms with Gasteiger partial charge in [0.2, 0.25) is 0 Å². The molecule has 0 aliphatic heterocycles. The summed E-state index contributed by atoms with van der Waals surface area (Å²) in [6, 6.07) is 0. The van der Waals surface area contributed by atoms with Crippen LogP contribution in [-0.2, 0) is 32.7 Å². The highest BCUT2D eigenvalue weighted by molar-refractivity contribution is 7.47. The van der Waals surface area contributed by atoms with E-state index in [4.69, 9.17) is 18.5 Å². The Kier molecular flexibility index (Phi) is 32.0. The van der Waals surface area contributed by atoms with Gasteiger partial charge in [-0.15, -0.1) is 0 Å². The number of allylic oxidation sites excluding steroid dienone is 4. The Balaban J connectivity index is 2.49. The highest BCUT2D eigenvalue weighted by Crippen LogP contribution is 2.47. The zero-order valence-electron chi connectivity index (χ0n) is 35.7. The predicted octanol–water partition coefficient (Wildman–Crippen LogP) is 9.33. The van der Waals surface area contributed by atoms with E-state index >= 15 is 0 Å². The minimum absolute atomic E-state index is 0.107. The van der Waals surface area contributed by atoms with Gasteiger partial charge in [-0.1, -0.05) is 154 Å². The summed E-state index contributed by atoms with van der Waals surface area (Å²) in [7, 11) is -5.03. The summed E-state index contributed by atoms with van der Waals surface area (Å²) in [6.07, 6.45) is 26.2. The molecule has 0 aromatic heterocycles. The first-order chi connectivity index (χ1) is 27.4. The smallest absolute Gasteiger partial charge is 0.462 e. The Morgan fingerprint density at radius 1 is 0.579 bits per heavy atom. The second-order valence-electron chi connectivity index (χ2n) is 15.9. The highest BCUT2D eigenvalue weighted by Gasteiger charge is 2.50. The number of aliphatic hydroxyl groups is 4. The SMILES string of the molecule is CCCCC/C=C\C/C=C\CCCCCCCC(=O)O[C@H](COC(=O)CCCCCCCCCCCCCCC)COP(=O)(O)O[C@H]1C(O)C(O)C(C)[C@@H](O)C1O.